The summed E-state index contributed by atoms with van der Waals surface area (Å²) in [6, 6.07) is 2.23. The average molecular weight is 189 g/mol. The largest absolute Gasteiger partial charge is 0.299 e. The van der Waals surface area contributed by atoms with Crippen molar-refractivity contribution < 1.29 is 4.79 Å². The van der Waals surface area contributed by atoms with Gasteiger partial charge in [-0.3, -0.25) is 4.79 Å². The molecule has 0 bridgehead atoms. The fourth-order valence-corrected chi connectivity index (χ4v) is 1.83. The normalized spacial score (nSPS) is 27.5. The lowest BCUT2D eigenvalue weighted by atomic mass is 9.91. The number of Topliss-reactive ketones (excluding diaryl/α,β-unsaturated/α-hetero) is 1. The lowest BCUT2D eigenvalue weighted by molar-refractivity contribution is -0.121. The lowest BCUT2D eigenvalue weighted by Crippen LogP contribution is -2.13. The molecule has 0 saturated heterocycles. The maximum absolute atomic E-state index is 11.7. The second-order valence-electron chi connectivity index (χ2n) is 3.74. The van der Waals surface area contributed by atoms with Crippen molar-refractivity contribution in [2.75, 3.05) is 0 Å². The molecule has 2 unspecified atom stereocenters. The van der Waals surface area contributed by atoms with E-state index >= 15 is 0 Å². The monoisotopic (exact) mass is 189 g/mol. The summed E-state index contributed by atoms with van der Waals surface area (Å²) in [4.78, 5) is 11.7. The Kier molecular flexibility index (Phi) is 3.64. The second kappa shape index (κ2) is 4.76. The van der Waals surface area contributed by atoms with Gasteiger partial charge in [-0.15, -0.1) is 0 Å². The van der Waals surface area contributed by atoms with Crippen LogP contribution in [-0.2, 0) is 4.79 Å². The van der Waals surface area contributed by atoms with Crippen molar-refractivity contribution in [1.29, 1.82) is 5.26 Å². The van der Waals surface area contributed by atoms with Crippen molar-refractivity contribution >= 4 is 5.78 Å². The maximum Gasteiger partial charge on any atom is 0.140 e. The van der Waals surface area contributed by atoms with Gasteiger partial charge in [0.05, 0.1) is 6.07 Å². The van der Waals surface area contributed by atoms with Crippen LogP contribution in [0.3, 0.4) is 0 Å². The van der Waals surface area contributed by atoms with Gasteiger partial charge in [-0.05, 0) is 24.8 Å². The van der Waals surface area contributed by atoms with Crippen molar-refractivity contribution in [2.24, 2.45) is 11.8 Å². The quantitative estimate of drug-likeness (QED) is 0.495. The van der Waals surface area contributed by atoms with Gasteiger partial charge in [0.1, 0.15) is 5.78 Å². The number of hydrogen-bond acceptors (Lipinski definition) is 2. The SMILES string of the molecule is C=CC(=C)C1CCC(C#N)CCC1=O. The first-order chi connectivity index (χ1) is 6.69. The van der Waals surface area contributed by atoms with Gasteiger partial charge >= 0.3 is 0 Å². The second-order valence-corrected chi connectivity index (χ2v) is 3.74. The number of nitriles is 1. The number of nitrogens with zero attached hydrogens (tertiary/aromatic N) is 1. The molecule has 0 aromatic carbocycles. The summed E-state index contributed by atoms with van der Waals surface area (Å²) in [7, 11) is 0. The highest BCUT2D eigenvalue weighted by atomic mass is 16.1. The summed E-state index contributed by atoms with van der Waals surface area (Å²) < 4.78 is 0. The highest BCUT2D eigenvalue weighted by Gasteiger charge is 2.25. The minimum Gasteiger partial charge on any atom is -0.299 e. The van der Waals surface area contributed by atoms with E-state index in [1.54, 1.807) is 6.08 Å². The summed E-state index contributed by atoms with van der Waals surface area (Å²) >= 11 is 0. The zero-order chi connectivity index (χ0) is 10.6. The van der Waals surface area contributed by atoms with Crippen LogP contribution in [0.5, 0.6) is 0 Å². The molecule has 2 heteroatoms. The molecule has 1 saturated carbocycles. The molecule has 0 amide bonds. The van der Waals surface area contributed by atoms with E-state index in [-0.39, 0.29) is 17.6 Å². The van der Waals surface area contributed by atoms with Gasteiger partial charge in [0.15, 0.2) is 0 Å². The third kappa shape index (κ3) is 2.32. The molecule has 0 heterocycles. The van der Waals surface area contributed by atoms with E-state index in [1.165, 1.54) is 0 Å². The third-order valence-corrected chi connectivity index (χ3v) is 2.82. The molecular weight excluding hydrogens is 174 g/mol. The Balaban J connectivity index is 2.70. The van der Waals surface area contributed by atoms with Gasteiger partial charge in [-0.25, -0.2) is 0 Å². The van der Waals surface area contributed by atoms with Crippen molar-refractivity contribution in [3.05, 3.63) is 24.8 Å². The van der Waals surface area contributed by atoms with E-state index in [0.717, 1.165) is 18.4 Å². The predicted molar refractivity (Wildman–Crippen MR) is 55.4 cm³/mol. The highest BCUT2D eigenvalue weighted by molar-refractivity contribution is 5.84. The molecule has 0 spiro atoms. The smallest absolute Gasteiger partial charge is 0.140 e. The van der Waals surface area contributed by atoms with Crippen LogP contribution in [0, 0.1) is 23.2 Å². The molecule has 14 heavy (non-hydrogen) atoms. The van der Waals surface area contributed by atoms with Crippen LogP contribution in [0.25, 0.3) is 0 Å². The summed E-state index contributed by atoms with van der Waals surface area (Å²) in [5, 5.41) is 8.78. The fourth-order valence-electron chi connectivity index (χ4n) is 1.83. The minimum absolute atomic E-state index is 0.0431. The van der Waals surface area contributed by atoms with Crippen LogP contribution in [0.4, 0.5) is 0 Å². The number of rotatable bonds is 2. The third-order valence-electron chi connectivity index (χ3n) is 2.82. The molecule has 1 aliphatic carbocycles. The molecule has 0 aromatic heterocycles. The molecule has 0 aromatic rings. The zero-order valence-corrected chi connectivity index (χ0v) is 8.33. The molecule has 1 rings (SSSR count). The molecule has 1 aliphatic rings. The van der Waals surface area contributed by atoms with Gasteiger partial charge in [0.25, 0.3) is 0 Å². The number of carbonyl (C=O) groups is 1. The Labute approximate surface area is 84.9 Å². The Hall–Kier alpha value is -1.36. The van der Waals surface area contributed by atoms with Gasteiger partial charge in [0, 0.05) is 18.3 Å². The Bertz CT molecular complexity index is 298. The van der Waals surface area contributed by atoms with Crippen LogP contribution >= 0.6 is 0 Å². The first kappa shape index (κ1) is 10.7. The van der Waals surface area contributed by atoms with Crippen LogP contribution in [0.15, 0.2) is 24.8 Å². The van der Waals surface area contributed by atoms with E-state index in [0.29, 0.717) is 12.8 Å². The average Bonchev–Trinajstić information content (AvgIpc) is 2.39. The van der Waals surface area contributed by atoms with Crippen LogP contribution in [0.1, 0.15) is 25.7 Å². The van der Waals surface area contributed by atoms with Crippen LogP contribution in [0.2, 0.25) is 0 Å². The van der Waals surface area contributed by atoms with Crippen molar-refractivity contribution in [1.82, 2.24) is 0 Å². The molecule has 2 nitrogen and oxygen atoms in total. The number of ketones is 1. The summed E-state index contributed by atoms with van der Waals surface area (Å²) in [6.07, 6.45) is 4.42. The van der Waals surface area contributed by atoms with E-state index in [2.05, 4.69) is 19.2 Å². The summed E-state index contributed by atoms with van der Waals surface area (Å²) in [5.41, 5.74) is 0.800. The van der Waals surface area contributed by atoms with Crippen LogP contribution in [-0.4, -0.2) is 5.78 Å². The number of carbonyl (C=O) groups excluding carboxylic acids is 1. The first-order valence-corrected chi connectivity index (χ1v) is 4.92. The van der Waals surface area contributed by atoms with E-state index in [4.69, 9.17) is 5.26 Å². The summed E-state index contributed by atoms with van der Waals surface area (Å²) in [6.45, 7) is 7.44. The minimum atomic E-state index is -0.0918. The van der Waals surface area contributed by atoms with Crippen molar-refractivity contribution in [2.45, 2.75) is 25.7 Å². The van der Waals surface area contributed by atoms with E-state index < -0.39 is 0 Å². The highest BCUT2D eigenvalue weighted by Crippen LogP contribution is 2.28. The molecule has 74 valence electrons. The fraction of sp³-hybridized carbons (Fsp3) is 0.500. The molecule has 0 aliphatic heterocycles. The molecule has 0 N–H and O–H groups in total. The topological polar surface area (TPSA) is 40.9 Å². The maximum atomic E-state index is 11.7. The zero-order valence-electron chi connectivity index (χ0n) is 8.33. The lowest BCUT2D eigenvalue weighted by Gasteiger charge is -2.12. The van der Waals surface area contributed by atoms with Crippen LogP contribution < -0.4 is 0 Å². The van der Waals surface area contributed by atoms with Gasteiger partial charge in [-0.1, -0.05) is 19.2 Å². The summed E-state index contributed by atoms with van der Waals surface area (Å²) in [5.74, 6) is 0.167. The van der Waals surface area contributed by atoms with Gasteiger partial charge in [0.2, 0.25) is 0 Å². The van der Waals surface area contributed by atoms with Crippen molar-refractivity contribution in [3.8, 4) is 6.07 Å². The molecule has 1 fully saturated rings. The number of hydrogen-bond donors (Lipinski definition) is 0. The molecule has 0 radical (unpaired) electrons. The van der Waals surface area contributed by atoms with E-state index in [1.807, 2.05) is 0 Å². The Morgan fingerprint density at radius 1 is 1.50 bits per heavy atom. The predicted octanol–water partition coefficient (Wildman–Crippen LogP) is 2.63. The first-order valence-electron chi connectivity index (χ1n) is 4.92. The Morgan fingerprint density at radius 2 is 2.21 bits per heavy atom. The van der Waals surface area contributed by atoms with Gasteiger partial charge in [-0.2, -0.15) is 5.26 Å². The Morgan fingerprint density at radius 3 is 2.79 bits per heavy atom. The molecular formula is C12H15NO. The van der Waals surface area contributed by atoms with Gasteiger partial charge < -0.3 is 0 Å². The molecule has 2 atom stereocenters. The number of allylic oxidation sites excluding steroid dienone is 2. The standard InChI is InChI=1S/C12H15NO/c1-3-9(2)11-6-4-10(8-13)5-7-12(11)14/h3,10-11H,1-2,4-7H2. The van der Waals surface area contributed by atoms with Crippen molar-refractivity contribution in [3.63, 3.8) is 0 Å². The van der Waals surface area contributed by atoms with E-state index in [9.17, 15) is 4.79 Å².